The Kier molecular flexibility index (Phi) is 10.8. The highest BCUT2D eigenvalue weighted by molar-refractivity contribution is 4.55. The minimum absolute atomic E-state index is 0.111. The first-order valence-electron chi connectivity index (χ1n) is 5.46. The Bertz CT molecular complexity index is 108. The second-order valence-corrected chi connectivity index (χ2v) is 3.11. The molecule has 0 unspecified atom stereocenters. The van der Waals surface area contributed by atoms with Crippen molar-refractivity contribution in [1.82, 2.24) is 10.2 Å². The quantitative estimate of drug-likeness (QED) is 0.489. The fourth-order valence-corrected chi connectivity index (χ4v) is 1.21. The van der Waals surface area contributed by atoms with Crippen LogP contribution in [0.15, 0.2) is 0 Å². The summed E-state index contributed by atoms with van der Waals surface area (Å²) in [5.41, 5.74) is 0. The van der Waals surface area contributed by atoms with E-state index in [-0.39, 0.29) is 6.61 Å². The summed E-state index contributed by atoms with van der Waals surface area (Å²) >= 11 is 0. The van der Waals surface area contributed by atoms with Crippen LogP contribution in [0.4, 0.5) is 0 Å². The highest BCUT2D eigenvalue weighted by Crippen LogP contribution is 1.83. The molecule has 0 rings (SSSR count). The number of aliphatic hydroxyl groups is 1. The van der Waals surface area contributed by atoms with E-state index in [1.165, 1.54) is 0 Å². The van der Waals surface area contributed by atoms with Crippen molar-refractivity contribution in [2.24, 2.45) is 0 Å². The van der Waals surface area contributed by atoms with E-state index in [4.69, 9.17) is 9.84 Å². The van der Waals surface area contributed by atoms with Crippen LogP contribution in [0.25, 0.3) is 0 Å². The van der Waals surface area contributed by atoms with Crippen LogP contribution < -0.4 is 5.32 Å². The van der Waals surface area contributed by atoms with Crippen molar-refractivity contribution in [2.75, 3.05) is 52.5 Å². The zero-order valence-electron chi connectivity index (χ0n) is 9.46. The van der Waals surface area contributed by atoms with Crippen LogP contribution in [0.3, 0.4) is 0 Å². The molecule has 4 nitrogen and oxygen atoms in total. The molecule has 0 aliphatic carbocycles. The van der Waals surface area contributed by atoms with E-state index in [0.29, 0.717) is 13.2 Å². The van der Waals surface area contributed by atoms with Gasteiger partial charge in [-0.2, -0.15) is 0 Å². The van der Waals surface area contributed by atoms with Crippen LogP contribution >= 0.6 is 0 Å². The number of aliphatic hydroxyl groups excluding tert-OH is 1. The van der Waals surface area contributed by atoms with Crippen molar-refractivity contribution in [3.8, 4) is 0 Å². The smallest absolute Gasteiger partial charge is 0.0698 e. The highest BCUT2D eigenvalue weighted by atomic mass is 16.5. The Morgan fingerprint density at radius 2 is 1.86 bits per heavy atom. The topological polar surface area (TPSA) is 44.7 Å². The Balaban J connectivity index is 3.04. The molecule has 0 saturated heterocycles. The van der Waals surface area contributed by atoms with Crippen LogP contribution in [0, 0.1) is 0 Å². The van der Waals surface area contributed by atoms with Gasteiger partial charge >= 0.3 is 0 Å². The lowest BCUT2D eigenvalue weighted by atomic mass is 10.4. The van der Waals surface area contributed by atoms with Gasteiger partial charge in [-0.15, -0.1) is 0 Å². The Morgan fingerprint density at radius 3 is 2.43 bits per heavy atom. The SMILES string of the molecule is CCN(CC)CCNCCOCCO. The molecule has 0 spiro atoms. The summed E-state index contributed by atoms with van der Waals surface area (Å²) in [5.74, 6) is 0. The third-order valence-electron chi connectivity index (χ3n) is 2.16. The lowest BCUT2D eigenvalue weighted by Gasteiger charge is -2.17. The molecule has 0 aromatic rings. The predicted molar refractivity (Wildman–Crippen MR) is 58.6 cm³/mol. The zero-order chi connectivity index (χ0) is 10.6. The molecule has 0 radical (unpaired) electrons. The minimum Gasteiger partial charge on any atom is -0.394 e. The molecule has 0 aromatic carbocycles. The van der Waals surface area contributed by atoms with Gasteiger partial charge in [0, 0.05) is 19.6 Å². The van der Waals surface area contributed by atoms with Crippen molar-refractivity contribution < 1.29 is 9.84 Å². The second kappa shape index (κ2) is 10.9. The van der Waals surface area contributed by atoms with Crippen LogP contribution in [-0.2, 0) is 4.74 Å². The summed E-state index contributed by atoms with van der Waals surface area (Å²) in [4.78, 5) is 2.38. The summed E-state index contributed by atoms with van der Waals surface area (Å²) in [6.45, 7) is 10.8. The third kappa shape index (κ3) is 8.44. The van der Waals surface area contributed by atoms with Gasteiger partial charge in [0.2, 0.25) is 0 Å². The van der Waals surface area contributed by atoms with Crippen molar-refractivity contribution in [2.45, 2.75) is 13.8 Å². The predicted octanol–water partition coefficient (Wildman–Crippen LogP) is -0.0733. The normalized spacial score (nSPS) is 11.1. The third-order valence-corrected chi connectivity index (χ3v) is 2.16. The van der Waals surface area contributed by atoms with Gasteiger partial charge < -0.3 is 20.1 Å². The van der Waals surface area contributed by atoms with Crippen LogP contribution in [0.1, 0.15) is 13.8 Å². The average Bonchev–Trinajstić information content (AvgIpc) is 2.22. The average molecular weight is 204 g/mol. The van der Waals surface area contributed by atoms with Crippen molar-refractivity contribution in [3.63, 3.8) is 0 Å². The number of nitrogens with zero attached hydrogens (tertiary/aromatic N) is 1. The van der Waals surface area contributed by atoms with E-state index in [0.717, 1.165) is 32.7 Å². The van der Waals surface area contributed by atoms with Crippen molar-refractivity contribution in [1.29, 1.82) is 0 Å². The Hall–Kier alpha value is -0.160. The second-order valence-electron chi connectivity index (χ2n) is 3.11. The fraction of sp³-hybridized carbons (Fsp3) is 1.00. The number of nitrogens with one attached hydrogen (secondary N) is 1. The first-order valence-corrected chi connectivity index (χ1v) is 5.46. The van der Waals surface area contributed by atoms with Gasteiger partial charge in [0.05, 0.1) is 19.8 Å². The number of hydrogen-bond donors (Lipinski definition) is 2. The van der Waals surface area contributed by atoms with Gasteiger partial charge in [-0.3, -0.25) is 0 Å². The van der Waals surface area contributed by atoms with E-state index >= 15 is 0 Å². The number of hydrogen-bond acceptors (Lipinski definition) is 4. The maximum Gasteiger partial charge on any atom is 0.0698 e. The Morgan fingerprint density at radius 1 is 1.14 bits per heavy atom. The first kappa shape index (κ1) is 13.8. The van der Waals surface area contributed by atoms with E-state index in [1.807, 2.05) is 0 Å². The van der Waals surface area contributed by atoms with Gasteiger partial charge in [0.15, 0.2) is 0 Å². The molecule has 0 aromatic heterocycles. The van der Waals surface area contributed by atoms with E-state index < -0.39 is 0 Å². The van der Waals surface area contributed by atoms with E-state index in [2.05, 4.69) is 24.1 Å². The van der Waals surface area contributed by atoms with Gasteiger partial charge in [-0.05, 0) is 13.1 Å². The largest absolute Gasteiger partial charge is 0.394 e. The summed E-state index contributed by atoms with van der Waals surface area (Å²) in [6.07, 6.45) is 0. The zero-order valence-corrected chi connectivity index (χ0v) is 9.46. The van der Waals surface area contributed by atoms with E-state index in [9.17, 15) is 0 Å². The van der Waals surface area contributed by atoms with Crippen LogP contribution in [0.5, 0.6) is 0 Å². The molecule has 86 valence electrons. The summed E-state index contributed by atoms with van der Waals surface area (Å²) in [6, 6.07) is 0. The standard InChI is InChI=1S/C10H24N2O2/c1-3-12(4-2)7-5-11-6-9-14-10-8-13/h11,13H,3-10H2,1-2H3. The highest BCUT2D eigenvalue weighted by Gasteiger charge is 1.96. The van der Waals surface area contributed by atoms with Gasteiger partial charge in [0.25, 0.3) is 0 Å². The van der Waals surface area contributed by atoms with Crippen LogP contribution in [-0.4, -0.2) is 62.6 Å². The summed E-state index contributed by atoms with van der Waals surface area (Å²) in [7, 11) is 0. The van der Waals surface area contributed by atoms with Gasteiger partial charge in [-0.25, -0.2) is 0 Å². The molecule has 4 heteroatoms. The number of likely N-dealkylation sites (N-methyl/N-ethyl adjacent to an activating group) is 1. The van der Waals surface area contributed by atoms with E-state index in [1.54, 1.807) is 0 Å². The van der Waals surface area contributed by atoms with Crippen molar-refractivity contribution in [3.05, 3.63) is 0 Å². The molecular weight excluding hydrogens is 180 g/mol. The van der Waals surface area contributed by atoms with Gasteiger partial charge in [0.1, 0.15) is 0 Å². The molecule has 0 heterocycles. The molecule has 0 amide bonds. The molecular formula is C10H24N2O2. The number of rotatable bonds is 10. The lowest BCUT2D eigenvalue weighted by molar-refractivity contribution is 0.0936. The molecule has 0 fully saturated rings. The molecule has 0 atom stereocenters. The first-order chi connectivity index (χ1) is 6.85. The Labute approximate surface area is 87.2 Å². The lowest BCUT2D eigenvalue weighted by Crippen LogP contribution is -2.33. The fourth-order valence-electron chi connectivity index (χ4n) is 1.21. The molecule has 0 bridgehead atoms. The van der Waals surface area contributed by atoms with Gasteiger partial charge in [-0.1, -0.05) is 13.8 Å². The maximum absolute atomic E-state index is 8.45. The molecule has 0 aliphatic rings. The summed E-state index contributed by atoms with van der Waals surface area (Å²) < 4.78 is 5.12. The monoisotopic (exact) mass is 204 g/mol. The molecule has 14 heavy (non-hydrogen) atoms. The maximum atomic E-state index is 8.45. The molecule has 0 aliphatic heterocycles. The molecule has 2 N–H and O–H groups in total. The summed E-state index contributed by atoms with van der Waals surface area (Å²) in [5, 5.41) is 11.7. The molecule has 0 saturated carbocycles. The van der Waals surface area contributed by atoms with Crippen LogP contribution in [0.2, 0.25) is 0 Å². The minimum atomic E-state index is 0.111. The number of ether oxygens (including phenoxy) is 1. The van der Waals surface area contributed by atoms with Crippen molar-refractivity contribution >= 4 is 0 Å².